The molecular weight excluding hydrogens is 426 g/mol. The van der Waals surface area contributed by atoms with Crippen LogP contribution in [0.25, 0.3) is 10.8 Å². The number of carboxylic acids is 1. The normalized spacial score (nSPS) is 14.8. The smallest absolute Gasteiger partial charge is 0.322 e. The highest BCUT2D eigenvalue weighted by molar-refractivity contribution is 6.20. The number of hydrogen-bond donors (Lipinski definition) is 3. The van der Waals surface area contributed by atoms with Crippen molar-refractivity contribution in [3.05, 3.63) is 53.9 Å². The van der Waals surface area contributed by atoms with E-state index >= 15 is 0 Å². The fourth-order valence-electron chi connectivity index (χ4n) is 4.11. The topological polar surface area (TPSA) is 127 Å². The molecule has 0 atom stereocenters. The first-order chi connectivity index (χ1) is 15.8. The van der Waals surface area contributed by atoms with Crippen LogP contribution in [0, 0.1) is 0 Å². The van der Waals surface area contributed by atoms with Crippen LogP contribution in [-0.4, -0.2) is 58.9 Å². The van der Waals surface area contributed by atoms with Crippen LogP contribution in [0.15, 0.2) is 53.9 Å². The molecular formula is C24H27N3O6. The molecule has 9 heteroatoms. The number of aliphatic hydroxyl groups is 1. The Hall–Kier alpha value is -3.88. The van der Waals surface area contributed by atoms with Crippen LogP contribution in [-0.2, 0) is 19.2 Å². The lowest BCUT2D eigenvalue weighted by Crippen LogP contribution is -2.44. The minimum absolute atomic E-state index is 0.122. The van der Waals surface area contributed by atoms with E-state index in [2.05, 4.69) is 5.32 Å². The summed E-state index contributed by atoms with van der Waals surface area (Å²) in [5.74, 6) is -4.03. The summed E-state index contributed by atoms with van der Waals surface area (Å²) in [7, 11) is 1.54. The molecule has 3 amide bonds. The second-order valence-electron chi connectivity index (χ2n) is 7.96. The highest BCUT2D eigenvalue weighted by Crippen LogP contribution is 2.29. The predicted octanol–water partition coefficient (Wildman–Crippen LogP) is 2.56. The van der Waals surface area contributed by atoms with Crippen molar-refractivity contribution in [3.8, 4) is 0 Å². The number of benzene rings is 2. The van der Waals surface area contributed by atoms with Gasteiger partial charge in [0.1, 0.15) is 6.54 Å². The SMILES string of the molecule is CN(C(=O)/C(C(=O)NCC(=O)O)=C(/O)N(C=O)c1cccc2ccccc12)C1CCCCC1. The number of hydrogen-bond acceptors (Lipinski definition) is 5. The first-order valence-electron chi connectivity index (χ1n) is 10.8. The molecule has 0 radical (unpaired) electrons. The van der Waals surface area contributed by atoms with Gasteiger partial charge in [0.2, 0.25) is 12.3 Å². The summed E-state index contributed by atoms with van der Waals surface area (Å²) in [5.41, 5.74) is -0.415. The number of aliphatic hydroxyl groups excluding tert-OH is 1. The quantitative estimate of drug-likeness (QED) is 0.185. The third kappa shape index (κ3) is 5.31. The summed E-state index contributed by atoms with van der Waals surface area (Å²) < 4.78 is 0. The standard InChI is InChI=1S/C24H27N3O6/c1-26(17-10-3-2-4-11-17)23(32)21(22(31)25-14-20(29)30)24(33)27(15-28)19-13-7-9-16-8-5-6-12-18(16)19/h5-9,12-13,15,17,33H,2-4,10-11,14H2,1H3,(H,25,31)(H,29,30)/b24-21+. The molecule has 33 heavy (non-hydrogen) atoms. The van der Waals surface area contributed by atoms with Crippen LogP contribution in [0.2, 0.25) is 0 Å². The summed E-state index contributed by atoms with van der Waals surface area (Å²) >= 11 is 0. The lowest BCUT2D eigenvalue weighted by atomic mass is 9.94. The highest BCUT2D eigenvalue weighted by atomic mass is 16.4. The number of nitrogens with one attached hydrogen (secondary N) is 1. The van der Waals surface area contributed by atoms with Crippen LogP contribution in [0.1, 0.15) is 32.1 Å². The third-order valence-corrected chi connectivity index (χ3v) is 5.87. The van der Waals surface area contributed by atoms with Crippen molar-refractivity contribution >= 4 is 40.7 Å². The molecule has 3 N–H and O–H groups in total. The molecule has 0 unspecified atom stereocenters. The Labute approximate surface area is 191 Å². The van der Waals surface area contributed by atoms with Crippen LogP contribution >= 0.6 is 0 Å². The van der Waals surface area contributed by atoms with Crippen molar-refractivity contribution in [2.45, 2.75) is 38.1 Å². The predicted molar refractivity (Wildman–Crippen MR) is 122 cm³/mol. The number of likely N-dealkylation sites (N-methyl/N-ethyl adjacent to an activating group) is 1. The molecule has 0 heterocycles. The van der Waals surface area contributed by atoms with Gasteiger partial charge in [-0.1, -0.05) is 55.7 Å². The summed E-state index contributed by atoms with van der Waals surface area (Å²) in [6.07, 6.45) is 4.77. The molecule has 2 aromatic carbocycles. The number of anilines is 1. The molecule has 3 rings (SSSR count). The van der Waals surface area contributed by atoms with E-state index in [9.17, 15) is 24.3 Å². The van der Waals surface area contributed by atoms with Gasteiger partial charge in [-0.2, -0.15) is 0 Å². The Morgan fingerprint density at radius 1 is 1.03 bits per heavy atom. The first kappa shape index (κ1) is 23.8. The maximum Gasteiger partial charge on any atom is 0.322 e. The largest absolute Gasteiger partial charge is 0.493 e. The zero-order valence-corrected chi connectivity index (χ0v) is 18.4. The minimum atomic E-state index is -1.31. The maximum atomic E-state index is 13.3. The van der Waals surface area contributed by atoms with E-state index in [1.54, 1.807) is 31.3 Å². The molecule has 1 aliphatic carbocycles. The summed E-state index contributed by atoms with van der Waals surface area (Å²) in [6, 6.07) is 12.1. The van der Waals surface area contributed by atoms with E-state index < -0.39 is 35.8 Å². The molecule has 1 aliphatic rings. The van der Waals surface area contributed by atoms with Gasteiger partial charge in [-0.15, -0.1) is 0 Å². The van der Waals surface area contributed by atoms with E-state index in [0.29, 0.717) is 11.8 Å². The highest BCUT2D eigenvalue weighted by Gasteiger charge is 2.33. The van der Waals surface area contributed by atoms with Gasteiger partial charge in [-0.05, 0) is 24.3 Å². The zero-order valence-electron chi connectivity index (χ0n) is 18.4. The molecule has 0 spiro atoms. The van der Waals surface area contributed by atoms with Crippen LogP contribution < -0.4 is 10.2 Å². The molecule has 0 bridgehead atoms. The van der Waals surface area contributed by atoms with Crippen molar-refractivity contribution < 1.29 is 29.4 Å². The van der Waals surface area contributed by atoms with Gasteiger partial charge in [0, 0.05) is 18.5 Å². The fourth-order valence-corrected chi connectivity index (χ4v) is 4.11. The number of carbonyl (C=O) groups is 4. The van der Waals surface area contributed by atoms with E-state index in [1.165, 1.54) is 4.90 Å². The van der Waals surface area contributed by atoms with Gasteiger partial charge in [0.05, 0.1) is 5.69 Å². The molecule has 0 aromatic heterocycles. The van der Waals surface area contributed by atoms with Gasteiger partial charge in [0.25, 0.3) is 11.8 Å². The third-order valence-electron chi connectivity index (χ3n) is 5.87. The number of rotatable bonds is 8. The number of aliphatic carboxylic acids is 1. The Balaban J connectivity index is 2.07. The van der Waals surface area contributed by atoms with Crippen LogP contribution in [0.5, 0.6) is 0 Å². The lowest BCUT2D eigenvalue weighted by molar-refractivity contribution is -0.138. The molecule has 1 saturated carbocycles. The van der Waals surface area contributed by atoms with Gasteiger partial charge in [0.15, 0.2) is 5.57 Å². The van der Waals surface area contributed by atoms with E-state index in [4.69, 9.17) is 5.11 Å². The molecule has 0 saturated heterocycles. The molecule has 9 nitrogen and oxygen atoms in total. The summed E-state index contributed by atoms with van der Waals surface area (Å²) in [5, 5.41) is 23.5. The molecule has 174 valence electrons. The lowest BCUT2D eigenvalue weighted by Gasteiger charge is -2.32. The Bertz CT molecular complexity index is 1090. The Morgan fingerprint density at radius 2 is 1.70 bits per heavy atom. The average Bonchev–Trinajstić information content (AvgIpc) is 2.83. The summed E-state index contributed by atoms with van der Waals surface area (Å²) in [6.45, 7) is -0.745. The van der Waals surface area contributed by atoms with Crippen molar-refractivity contribution in [1.29, 1.82) is 0 Å². The van der Waals surface area contributed by atoms with Gasteiger partial charge < -0.3 is 20.4 Å². The molecule has 1 fully saturated rings. The molecule has 0 aliphatic heterocycles. The second-order valence-corrected chi connectivity index (χ2v) is 7.96. The first-order valence-corrected chi connectivity index (χ1v) is 10.8. The van der Waals surface area contributed by atoms with Gasteiger partial charge in [-0.25, -0.2) is 0 Å². The number of fused-ring (bicyclic) bond motifs is 1. The Morgan fingerprint density at radius 3 is 2.36 bits per heavy atom. The molecule has 2 aromatic rings. The van der Waals surface area contributed by atoms with Gasteiger partial charge >= 0.3 is 5.97 Å². The van der Waals surface area contributed by atoms with Crippen molar-refractivity contribution in [1.82, 2.24) is 10.2 Å². The van der Waals surface area contributed by atoms with Crippen LogP contribution in [0.4, 0.5) is 5.69 Å². The van der Waals surface area contributed by atoms with Gasteiger partial charge in [-0.3, -0.25) is 24.1 Å². The number of carbonyl (C=O) groups excluding carboxylic acids is 3. The average molecular weight is 453 g/mol. The van der Waals surface area contributed by atoms with E-state index in [1.807, 2.05) is 18.2 Å². The van der Waals surface area contributed by atoms with E-state index in [0.717, 1.165) is 42.4 Å². The number of nitrogens with zero attached hydrogens (tertiary/aromatic N) is 2. The minimum Gasteiger partial charge on any atom is -0.493 e. The number of amides is 3. The van der Waals surface area contributed by atoms with Crippen LogP contribution in [0.3, 0.4) is 0 Å². The summed E-state index contributed by atoms with van der Waals surface area (Å²) in [4.78, 5) is 51.4. The van der Waals surface area contributed by atoms with Crippen molar-refractivity contribution in [2.24, 2.45) is 0 Å². The van der Waals surface area contributed by atoms with Crippen molar-refractivity contribution in [3.63, 3.8) is 0 Å². The van der Waals surface area contributed by atoms with Crippen molar-refractivity contribution in [2.75, 3.05) is 18.5 Å². The monoisotopic (exact) mass is 453 g/mol. The van der Waals surface area contributed by atoms with E-state index in [-0.39, 0.29) is 11.7 Å². The second kappa shape index (κ2) is 10.6. The fraction of sp³-hybridized carbons (Fsp3) is 0.333. The zero-order chi connectivity index (χ0) is 24.0. The Kier molecular flexibility index (Phi) is 7.66. The number of carboxylic acid groups (broad SMARTS) is 1. The maximum absolute atomic E-state index is 13.3.